The minimum absolute atomic E-state index is 0.0819. The van der Waals surface area contributed by atoms with Gasteiger partial charge in [0.15, 0.2) is 12.1 Å². The van der Waals surface area contributed by atoms with Crippen molar-refractivity contribution >= 4 is 23.4 Å². The highest BCUT2D eigenvalue weighted by Crippen LogP contribution is 2.34. The van der Waals surface area contributed by atoms with Crippen LogP contribution in [0, 0.1) is 11.3 Å². The Hall–Kier alpha value is -3.62. The number of ether oxygens (including phenoxy) is 1. The van der Waals surface area contributed by atoms with Crippen molar-refractivity contribution in [3.8, 4) is 6.07 Å². The summed E-state index contributed by atoms with van der Waals surface area (Å²) in [6.07, 6.45) is 0.463. The summed E-state index contributed by atoms with van der Waals surface area (Å²) in [6, 6.07) is 10.3. The number of nitrogens with zero attached hydrogens (tertiary/aromatic N) is 4. The molecule has 11 nitrogen and oxygen atoms in total. The molecule has 170 valence electrons. The van der Waals surface area contributed by atoms with E-state index in [1.807, 2.05) is 30.3 Å². The molecule has 0 bridgehead atoms. The Kier molecular flexibility index (Phi) is 6.97. The lowest BCUT2D eigenvalue weighted by molar-refractivity contribution is -0.111. The first-order valence-corrected chi connectivity index (χ1v) is 10.2. The molecule has 32 heavy (non-hydrogen) atoms. The van der Waals surface area contributed by atoms with Gasteiger partial charge in [-0.2, -0.15) is 10.4 Å². The average molecular weight is 441 g/mol. The highest BCUT2D eigenvalue weighted by Gasteiger charge is 2.48. The van der Waals surface area contributed by atoms with Crippen LogP contribution in [0.3, 0.4) is 0 Å². The molecule has 5 N–H and O–H groups in total. The van der Waals surface area contributed by atoms with E-state index in [0.717, 1.165) is 5.69 Å². The molecule has 1 aromatic heterocycles. The van der Waals surface area contributed by atoms with Crippen LogP contribution >= 0.6 is 0 Å². The average Bonchev–Trinajstić information content (AvgIpc) is 3.15. The summed E-state index contributed by atoms with van der Waals surface area (Å²) in [5.74, 6) is -0.383. The maximum absolute atomic E-state index is 12.5. The molecule has 2 heterocycles. The van der Waals surface area contributed by atoms with Gasteiger partial charge < -0.3 is 31.1 Å². The van der Waals surface area contributed by atoms with Gasteiger partial charge in [-0.25, -0.2) is 4.79 Å². The minimum atomic E-state index is -1.12. The van der Waals surface area contributed by atoms with E-state index in [0.29, 0.717) is 6.61 Å². The quantitative estimate of drug-likeness (QED) is 0.424. The number of nitrogens with two attached hydrogens (primary N) is 1. The molecule has 1 aliphatic heterocycles. The standard InChI is InChI=1S/C21H27N7O4/c1-3-32-19(30)14(2)24-20(31)27-12-21(13-27,9-10-22)28-11-16(17(23)29)18(26-28)25-15-7-5-4-6-8-15/h4-8,11,14,19,30H,3,9,12-13H2,1-2H3,(H2,23,29)(H,24,31)(H,25,26). The number of likely N-dealkylation sites (tertiary alicyclic amines) is 1. The van der Waals surface area contributed by atoms with Gasteiger partial charge in [0.1, 0.15) is 11.1 Å². The molecular weight excluding hydrogens is 414 g/mol. The molecule has 0 radical (unpaired) electrons. The molecule has 2 aromatic rings. The fraction of sp³-hybridized carbons (Fsp3) is 0.429. The number of hydrogen-bond acceptors (Lipinski definition) is 7. The van der Waals surface area contributed by atoms with E-state index in [1.165, 1.54) is 15.8 Å². The smallest absolute Gasteiger partial charge is 0.317 e. The maximum Gasteiger partial charge on any atom is 0.317 e. The molecule has 1 fully saturated rings. The largest absolute Gasteiger partial charge is 0.366 e. The van der Waals surface area contributed by atoms with Crippen LogP contribution in [0.25, 0.3) is 0 Å². The number of primary amides is 1. The third-order valence-electron chi connectivity index (χ3n) is 5.28. The van der Waals surface area contributed by atoms with Crippen molar-refractivity contribution in [2.75, 3.05) is 25.0 Å². The second-order valence-electron chi connectivity index (χ2n) is 7.69. The number of benzene rings is 1. The van der Waals surface area contributed by atoms with Crippen LogP contribution in [0.1, 0.15) is 30.6 Å². The van der Waals surface area contributed by atoms with E-state index in [1.54, 1.807) is 13.8 Å². The van der Waals surface area contributed by atoms with Crippen LogP contribution in [-0.4, -0.2) is 63.8 Å². The van der Waals surface area contributed by atoms with E-state index in [9.17, 15) is 20.0 Å². The maximum atomic E-state index is 12.5. The zero-order chi connectivity index (χ0) is 23.3. The summed E-state index contributed by atoms with van der Waals surface area (Å²) in [4.78, 5) is 26.0. The third kappa shape index (κ3) is 4.82. The summed E-state index contributed by atoms with van der Waals surface area (Å²) in [5.41, 5.74) is 5.65. The van der Waals surface area contributed by atoms with Crippen LogP contribution in [0.4, 0.5) is 16.3 Å². The Labute approximate surface area is 185 Å². The fourth-order valence-electron chi connectivity index (χ4n) is 3.51. The van der Waals surface area contributed by atoms with Gasteiger partial charge in [-0.15, -0.1) is 0 Å². The molecule has 1 saturated heterocycles. The summed E-state index contributed by atoms with van der Waals surface area (Å²) < 4.78 is 6.62. The fourth-order valence-corrected chi connectivity index (χ4v) is 3.51. The van der Waals surface area contributed by atoms with Crippen LogP contribution < -0.4 is 16.4 Å². The third-order valence-corrected chi connectivity index (χ3v) is 5.28. The number of anilines is 2. The predicted octanol–water partition coefficient (Wildman–Crippen LogP) is 1.10. The van der Waals surface area contributed by atoms with Crippen LogP contribution in [0.15, 0.2) is 36.5 Å². The molecule has 1 aromatic carbocycles. The number of aliphatic hydroxyl groups excluding tert-OH is 1. The normalized spacial score (nSPS) is 16.4. The molecule has 3 amide bonds. The van der Waals surface area contributed by atoms with Crippen molar-refractivity contribution in [2.24, 2.45) is 5.73 Å². The monoisotopic (exact) mass is 441 g/mol. The first kappa shape index (κ1) is 23.1. The number of nitriles is 1. The van der Waals surface area contributed by atoms with E-state index in [-0.39, 0.29) is 30.9 Å². The Morgan fingerprint density at radius 1 is 1.38 bits per heavy atom. The van der Waals surface area contributed by atoms with Crippen molar-refractivity contribution in [2.45, 2.75) is 38.1 Å². The topological polar surface area (TPSA) is 159 Å². The SMILES string of the molecule is CCOC(O)C(C)NC(=O)N1CC(CC#N)(n2cc(C(N)=O)c(Nc3ccccc3)n2)C1. The molecular formula is C21H27N7O4. The molecule has 1 aliphatic rings. The Morgan fingerprint density at radius 2 is 2.06 bits per heavy atom. The summed E-state index contributed by atoms with van der Waals surface area (Å²) in [6.45, 7) is 4.10. The van der Waals surface area contributed by atoms with Crippen LogP contribution in [0.5, 0.6) is 0 Å². The van der Waals surface area contributed by atoms with Gasteiger partial charge in [0, 0.05) is 18.5 Å². The van der Waals surface area contributed by atoms with Gasteiger partial charge in [-0.1, -0.05) is 18.2 Å². The van der Waals surface area contributed by atoms with E-state index >= 15 is 0 Å². The lowest BCUT2D eigenvalue weighted by atomic mass is 9.87. The van der Waals surface area contributed by atoms with E-state index in [4.69, 9.17) is 10.5 Å². The summed E-state index contributed by atoms with van der Waals surface area (Å²) in [7, 11) is 0. The lowest BCUT2D eigenvalue weighted by Crippen LogP contribution is -2.67. The van der Waals surface area contributed by atoms with Crippen molar-refractivity contribution in [1.82, 2.24) is 20.0 Å². The Morgan fingerprint density at radius 3 is 2.66 bits per heavy atom. The summed E-state index contributed by atoms with van der Waals surface area (Å²) >= 11 is 0. The molecule has 3 rings (SSSR count). The number of aliphatic hydroxyl groups is 1. The number of para-hydroxylation sites is 1. The van der Waals surface area contributed by atoms with Crippen LogP contribution in [-0.2, 0) is 10.3 Å². The van der Waals surface area contributed by atoms with Gasteiger partial charge in [-0.05, 0) is 26.0 Å². The molecule has 0 spiro atoms. The second kappa shape index (κ2) is 9.67. The Bertz CT molecular complexity index is 995. The van der Waals surface area contributed by atoms with Crippen molar-refractivity contribution < 1.29 is 19.4 Å². The second-order valence-corrected chi connectivity index (χ2v) is 7.69. The number of rotatable bonds is 9. The van der Waals surface area contributed by atoms with Crippen molar-refractivity contribution in [3.05, 3.63) is 42.1 Å². The van der Waals surface area contributed by atoms with Gasteiger partial charge in [0.2, 0.25) is 0 Å². The predicted molar refractivity (Wildman–Crippen MR) is 116 cm³/mol. The number of amides is 3. The van der Waals surface area contributed by atoms with Gasteiger partial charge in [-0.3, -0.25) is 9.48 Å². The lowest BCUT2D eigenvalue weighted by Gasteiger charge is -2.49. The van der Waals surface area contributed by atoms with E-state index in [2.05, 4.69) is 21.8 Å². The van der Waals surface area contributed by atoms with E-state index < -0.39 is 29.8 Å². The highest BCUT2D eigenvalue weighted by atomic mass is 16.6. The molecule has 2 atom stereocenters. The molecule has 0 saturated carbocycles. The number of aromatic nitrogens is 2. The van der Waals surface area contributed by atoms with Gasteiger partial charge >= 0.3 is 6.03 Å². The number of hydrogen-bond donors (Lipinski definition) is 4. The molecule has 2 unspecified atom stereocenters. The van der Waals surface area contributed by atoms with Crippen molar-refractivity contribution in [1.29, 1.82) is 5.26 Å². The molecule has 11 heteroatoms. The highest BCUT2D eigenvalue weighted by molar-refractivity contribution is 5.98. The number of urea groups is 1. The first-order valence-electron chi connectivity index (χ1n) is 10.2. The zero-order valence-corrected chi connectivity index (χ0v) is 18.0. The van der Waals surface area contributed by atoms with Crippen molar-refractivity contribution in [3.63, 3.8) is 0 Å². The number of carbonyl (C=O) groups is 2. The Balaban J connectivity index is 1.76. The summed E-state index contributed by atoms with van der Waals surface area (Å²) in [5, 5.41) is 29.5. The van der Waals surface area contributed by atoms with Crippen LogP contribution in [0.2, 0.25) is 0 Å². The minimum Gasteiger partial charge on any atom is -0.366 e. The number of nitrogens with one attached hydrogen (secondary N) is 2. The first-order chi connectivity index (χ1) is 15.3. The number of carbonyl (C=O) groups excluding carboxylic acids is 2. The zero-order valence-electron chi connectivity index (χ0n) is 18.0. The van der Waals surface area contributed by atoms with Gasteiger partial charge in [0.25, 0.3) is 5.91 Å². The van der Waals surface area contributed by atoms with Gasteiger partial charge in [0.05, 0.1) is 31.6 Å². The molecule has 0 aliphatic carbocycles.